The Bertz CT molecular complexity index is 1290. The molecule has 1 saturated heterocycles. The van der Waals surface area contributed by atoms with Crippen LogP contribution in [0.5, 0.6) is 0 Å². The van der Waals surface area contributed by atoms with Crippen molar-refractivity contribution in [3.05, 3.63) is 87.4 Å². The molecule has 5 rings (SSSR count). The number of carbonyl (C=O) groups excluding carboxylic acids is 1. The predicted molar refractivity (Wildman–Crippen MR) is 132 cm³/mol. The van der Waals surface area contributed by atoms with Gasteiger partial charge in [-0.3, -0.25) is 9.78 Å². The van der Waals surface area contributed by atoms with Gasteiger partial charge in [0.25, 0.3) is 5.91 Å². The maximum Gasteiger partial charge on any atom is 0.255 e. The van der Waals surface area contributed by atoms with Gasteiger partial charge in [-0.15, -0.1) is 0 Å². The molecular weight excluding hydrogens is 504 g/mol. The van der Waals surface area contributed by atoms with Crippen LogP contribution in [0.25, 0.3) is 5.65 Å². The van der Waals surface area contributed by atoms with Gasteiger partial charge in [-0.05, 0) is 52.5 Å². The summed E-state index contributed by atoms with van der Waals surface area (Å²) in [6, 6.07) is 13.2. The molecule has 0 bridgehead atoms. The van der Waals surface area contributed by atoms with Crippen LogP contribution in [0.4, 0.5) is 5.82 Å². The molecule has 1 fully saturated rings. The molecule has 4 aromatic rings. The van der Waals surface area contributed by atoms with E-state index in [1.54, 1.807) is 29.0 Å². The molecule has 0 radical (unpaired) electrons. The summed E-state index contributed by atoms with van der Waals surface area (Å²) in [7, 11) is 0. The quantitative estimate of drug-likeness (QED) is 0.389. The standard InChI is InChI=1S/C24H22BrClN6O/c25-19-14-29-32-22(28-13-16-5-3-9-27-12-16)11-21(30-23(19)32)17-6-4-10-31(15-17)24(33)18-7-1-2-8-20(18)26/h1-3,5,7-9,11-12,14,17,28H,4,6,10,13,15H2. The molecule has 1 unspecified atom stereocenters. The fourth-order valence-corrected chi connectivity index (χ4v) is 4.76. The van der Waals surface area contributed by atoms with Crippen molar-refractivity contribution < 1.29 is 4.79 Å². The van der Waals surface area contributed by atoms with Crippen LogP contribution < -0.4 is 5.32 Å². The van der Waals surface area contributed by atoms with E-state index in [0.717, 1.165) is 40.0 Å². The molecule has 3 aromatic heterocycles. The number of nitrogens with zero attached hydrogens (tertiary/aromatic N) is 5. The van der Waals surface area contributed by atoms with Crippen LogP contribution in [-0.4, -0.2) is 43.5 Å². The van der Waals surface area contributed by atoms with Gasteiger partial charge in [0.1, 0.15) is 5.82 Å². The predicted octanol–water partition coefficient (Wildman–Crippen LogP) is 5.17. The minimum absolute atomic E-state index is 0.0353. The fraction of sp³-hybridized carbons (Fsp3) is 0.250. The zero-order valence-corrected chi connectivity index (χ0v) is 20.1. The van der Waals surface area contributed by atoms with E-state index in [9.17, 15) is 4.79 Å². The van der Waals surface area contributed by atoms with Crippen molar-refractivity contribution >= 4 is 44.9 Å². The number of fused-ring (bicyclic) bond motifs is 1. The van der Waals surface area contributed by atoms with Gasteiger partial charge in [-0.1, -0.05) is 29.8 Å². The first-order valence-electron chi connectivity index (χ1n) is 10.8. The van der Waals surface area contributed by atoms with Gasteiger partial charge in [-0.2, -0.15) is 9.61 Å². The first kappa shape index (κ1) is 21.9. The Hall–Kier alpha value is -2.97. The van der Waals surface area contributed by atoms with Crippen molar-refractivity contribution in [2.75, 3.05) is 18.4 Å². The van der Waals surface area contributed by atoms with Crippen LogP contribution in [0.15, 0.2) is 65.5 Å². The number of nitrogens with one attached hydrogen (secondary N) is 1. The molecule has 1 aromatic carbocycles. The van der Waals surface area contributed by atoms with Gasteiger partial charge in [0.15, 0.2) is 5.65 Å². The average molecular weight is 526 g/mol. The normalized spacial score (nSPS) is 16.2. The highest BCUT2D eigenvalue weighted by Gasteiger charge is 2.28. The van der Waals surface area contributed by atoms with Gasteiger partial charge in [0, 0.05) is 44.0 Å². The summed E-state index contributed by atoms with van der Waals surface area (Å²) in [5, 5.41) is 8.41. The molecule has 9 heteroatoms. The second-order valence-corrected chi connectivity index (χ2v) is 9.34. The highest BCUT2D eigenvalue weighted by molar-refractivity contribution is 9.10. The Morgan fingerprint density at radius 2 is 2.09 bits per heavy atom. The Morgan fingerprint density at radius 1 is 1.21 bits per heavy atom. The number of benzene rings is 1. The molecule has 168 valence electrons. The smallest absolute Gasteiger partial charge is 0.255 e. The zero-order chi connectivity index (χ0) is 22.8. The van der Waals surface area contributed by atoms with Crippen LogP contribution in [0.3, 0.4) is 0 Å². The third-order valence-corrected chi connectivity index (χ3v) is 6.77. The molecule has 0 spiro atoms. The topological polar surface area (TPSA) is 75.4 Å². The van der Waals surface area contributed by atoms with Crippen molar-refractivity contribution in [3.8, 4) is 0 Å². The molecule has 1 aliphatic rings. The molecule has 1 amide bonds. The third-order valence-electron chi connectivity index (χ3n) is 5.88. The molecule has 33 heavy (non-hydrogen) atoms. The fourth-order valence-electron chi connectivity index (χ4n) is 4.19. The molecular formula is C24H22BrClN6O. The van der Waals surface area contributed by atoms with Crippen molar-refractivity contribution in [2.45, 2.75) is 25.3 Å². The summed E-state index contributed by atoms with van der Waals surface area (Å²) in [6.45, 7) is 1.93. The number of pyridine rings is 1. The number of amides is 1. The lowest BCUT2D eigenvalue weighted by atomic mass is 9.94. The van der Waals surface area contributed by atoms with E-state index >= 15 is 0 Å². The highest BCUT2D eigenvalue weighted by Crippen LogP contribution is 2.31. The SMILES string of the molecule is O=C(c1ccccc1Cl)N1CCCC(c2cc(NCc3cccnc3)n3ncc(Br)c3n2)C1. The van der Waals surface area contributed by atoms with Gasteiger partial charge in [0.05, 0.1) is 26.9 Å². The molecule has 7 nitrogen and oxygen atoms in total. The number of piperidine rings is 1. The summed E-state index contributed by atoms with van der Waals surface area (Å²) in [5.41, 5.74) is 3.30. The van der Waals surface area contributed by atoms with Gasteiger partial charge < -0.3 is 10.2 Å². The minimum Gasteiger partial charge on any atom is -0.366 e. The van der Waals surface area contributed by atoms with Crippen LogP contribution >= 0.6 is 27.5 Å². The zero-order valence-electron chi connectivity index (χ0n) is 17.8. The summed E-state index contributed by atoms with van der Waals surface area (Å²) >= 11 is 9.85. The molecule has 0 aliphatic carbocycles. The number of anilines is 1. The van der Waals surface area contributed by atoms with Crippen LogP contribution in [0.1, 0.15) is 40.4 Å². The molecule has 0 saturated carbocycles. The third kappa shape index (κ3) is 4.58. The van der Waals surface area contributed by atoms with E-state index in [2.05, 4.69) is 31.3 Å². The maximum atomic E-state index is 13.1. The maximum absolute atomic E-state index is 13.1. The Kier molecular flexibility index (Phi) is 6.28. The summed E-state index contributed by atoms with van der Waals surface area (Å²) in [5.74, 6) is 0.932. The highest BCUT2D eigenvalue weighted by atomic mass is 79.9. The van der Waals surface area contributed by atoms with E-state index < -0.39 is 0 Å². The largest absolute Gasteiger partial charge is 0.366 e. The number of aromatic nitrogens is 4. The number of rotatable bonds is 5. The van der Waals surface area contributed by atoms with Gasteiger partial charge in [-0.25, -0.2) is 4.98 Å². The van der Waals surface area contributed by atoms with E-state index in [4.69, 9.17) is 16.6 Å². The second-order valence-electron chi connectivity index (χ2n) is 8.08. The van der Waals surface area contributed by atoms with Crippen molar-refractivity contribution in [3.63, 3.8) is 0 Å². The van der Waals surface area contributed by atoms with Crippen LogP contribution in [0, 0.1) is 0 Å². The van der Waals surface area contributed by atoms with Gasteiger partial charge in [0.2, 0.25) is 0 Å². The first-order valence-corrected chi connectivity index (χ1v) is 12.0. The van der Waals surface area contributed by atoms with Crippen LogP contribution in [0.2, 0.25) is 5.02 Å². The summed E-state index contributed by atoms with van der Waals surface area (Å²) < 4.78 is 2.62. The number of halogens is 2. The first-order chi connectivity index (χ1) is 16.1. The molecule has 1 atom stereocenters. The van der Waals surface area contributed by atoms with Crippen molar-refractivity contribution in [1.29, 1.82) is 0 Å². The van der Waals surface area contributed by atoms with E-state index in [1.165, 1.54) is 0 Å². The monoisotopic (exact) mass is 524 g/mol. The van der Waals surface area contributed by atoms with Gasteiger partial charge >= 0.3 is 0 Å². The Labute approximate surface area is 204 Å². The minimum atomic E-state index is -0.0353. The van der Waals surface area contributed by atoms with E-state index in [0.29, 0.717) is 30.2 Å². The second kappa shape index (κ2) is 9.49. The average Bonchev–Trinajstić information content (AvgIpc) is 3.24. The molecule has 4 heterocycles. The molecule has 1 N–H and O–H groups in total. The lowest BCUT2D eigenvalue weighted by molar-refractivity contribution is 0.0706. The lowest BCUT2D eigenvalue weighted by Crippen LogP contribution is -2.39. The number of likely N-dealkylation sites (tertiary alicyclic amines) is 1. The summed E-state index contributed by atoms with van der Waals surface area (Å²) in [6.07, 6.45) is 7.21. The van der Waals surface area contributed by atoms with E-state index in [-0.39, 0.29) is 11.8 Å². The summed E-state index contributed by atoms with van der Waals surface area (Å²) in [4.78, 5) is 24.1. The lowest BCUT2D eigenvalue weighted by Gasteiger charge is -2.33. The van der Waals surface area contributed by atoms with Crippen molar-refractivity contribution in [2.24, 2.45) is 0 Å². The Balaban J connectivity index is 1.42. The molecule has 1 aliphatic heterocycles. The van der Waals surface area contributed by atoms with Crippen LogP contribution in [-0.2, 0) is 6.54 Å². The van der Waals surface area contributed by atoms with E-state index in [1.807, 2.05) is 41.4 Å². The number of hydrogen-bond acceptors (Lipinski definition) is 5. The van der Waals surface area contributed by atoms with Crippen molar-refractivity contribution in [1.82, 2.24) is 24.5 Å². The number of hydrogen-bond donors (Lipinski definition) is 1. The number of carbonyl (C=O) groups is 1. The Morgan fingerprint density at radius 3 is 2.91 bits per heavy atom.